The Morgan fingerprint density at radius 2 is 1.85 bits per heavy atom. The molecule has 0 saturated carbocycles. The number of rotatable bonds is 3. The fourth-order valence-corrected chi connectivity index (χ4v) is 2.48. The van der Waals surface area contributed by atoms with Crippen molar-refractivity contribution in [1.82, 2.24) is 0 Å². The summed E-state index contributed by atoms with van der Waals surface area (Å²) in [7, 11) is 1.59. The van der Waals surface area contributed by atoms with Crippen molar-refractivity contribution in [2.45, 2.75) is 12.5 Å². The third-order valence-electron chi connectivity index (χ3n) is 3.56. The van der Waals surface area contributed by atoms with Gasteiger partial charge >= 0.3 is 0 Å². The molecule has 1 atom stereocenters. The number of halogens is 1. The van der Waals surface area contributed by atoms with Crippen LogP contribution in [0.3, 0.4) is 0 Å². The fraction of sp³-hybridized carbons (Fsp3) is 0.188. The summed E-state index contributed by atoms with van der Waals surface area (Å²) in [5.41, 5.74) is 1.32. The molecular weight excluding hydrogens is 257 g/mol. The largest absolute Gasteiger partial charge is 0.497 e. The first-order valence-corrected chi connectivity index (χ1v) is 6.41. The van der Waals surface area contributed by atoms with E-state index < -0.39 is 0 Å². The van der Waals surface area contributed by atoms with Crippen LogP contribution < -0.4 is 9.64 Å². The summed E-state index contributed by atoms with van der Waals surface area (Å²) in [4.78, 5) is 13.5. The first kappa shape index (κ1) is 12.7. The van der Waals surface area contributed by atoms with Gasteiger partial charge in [-0.2, -0.15) is 0 Å². The number of methoxy groups -OCH3 is 1. The van der Waals surface area contributed by atoms with Crippen molar-refractivity contribution in [3.8, 4) is 5.75 Å². The monoisotopic (exact) mass is 271 g/mol. The van der Waals surface area contributed by atoms with E-state index in [1.807, 2.05) is 12.1 Å². The van der Waals surface area contributed by atoms with E-state index in [0.29, 0.717) is 12.0 Å². The number of amides is 1. The standard InChI is InChI=1S/C16H14FNO2/c1-20-12-8-6-11(7-9-12)18-15(10-16(18)19)13-4-2-3-5-14(13)17/h2-9,15H,10H2,1H3/t15-/m1/s1. The van der Waals surface area contributed by atoms with Gasteiger partial charge in [-0.05, 0) is 30.3 Å². The second-order valence-corrected chi connectivity index (χ2v) is 4.70. The topological polar surface area (TPSA) is 29.5 Å². The molecule has 0 aliphatic carbocycles. The summed E-state index contributed by atoms with van der Waals surface area (Å²) in [5, 5.41) is 0. The van der Waals surface area contributed by atoms with Gasteiger partial charge in [-0.15, -0.1) is 0 Å². The zero-order valence-electron chi connectivity index (χ0n) is 11.0. The van der Waals surface area contributed by atoms with Crippen LogP contribution >= 0.6 is 0 Å². The SMILES string of the molecule is COc1ccc(N2C(=O)C[C@@H]2c2ccccc2F)cc1. The number of β-lactam (4-membered cyclic amide) rings is 1. The van der Waals surface area contributed by atoms with Gasteiger partial charge in [-0.25, -0.2) is 4.39 Å². The van der Waals surface area contributed by atoms with Crippen LogP contribution in [0.5, 0.6) is 5.75 Å². The summed E-state index contributed by atoms with van der Waals surface area (Å²) in [6.45, 7) is 0. The van der Waals surface area contributed by atoms with E-state index in [0.717, 1.165) is 11.4 Å². The molecule has 0 spiro atoms. The Morgan fingerprint density at radius 1 is 1.15 bits per heavy atom. The molecule has 0 N–H and O–H groups in total. The number of carbonyl (C=O) groups is 1. The molecule has 1 amide bonds. The molecule has 2 aromatic carbocycles. The second kappa shape index (κ2) is 4.96. The van der Waals surface area contributed by atoms with Crippen LogP contribution in [0.1, 0.15) is 18.0 Å². The lowest BCUT2D eigenvalue weighted by Gasteiger charge is -2.40. The van der Waals surface area contributed by atoms with Gasteiger partial charge in [0.2, 0.25) is 5.91 Å². The molecule has 1 aliphatic rings. The van der Waals surface area contributed by atoms with Gasteiger partial charge in [0.05, 0.1) is 19.6 Å². The average Bonchev–Trinajstić information content (AvgIpc) is 2.46. The molecule has 0 radical (unpaired) electrons. The Hall–Kier alpha value is -2.36. The minimum Gasteiger partial charge on any atom is -0.497 e. The van der Waals surface area contributed by atoms with Gasteiger partial charge < -0.3 is 9.64 Å². The zero-order chi connectivity index (χ0) is 14.1. The van der Waals surface area contributed by atoms with Crippen LogP contribution in [-0.2, 0) is 4.79 Å². The second-order valence-electron chi connectivity index (χ2n) is 4.70. The molecule has 1 saturated heterocycles. The van der Waals surface area contributed by atoms with Gasteiger partial charge in [0.25, 0.3) is 0 Å². The highest BCUT2D eigenvalue weighted by atomic mass is 19.1. The summed E-state index contributed by atoms with van der Waals surface area (Å²) in [6.07, 6.45) is 0.340. The van der Waals surface area contributed by atoms with Crippen molar-refractivity contribution in [2.24, 2.45) is 0 Å². The van der Waals surface area contributed by atoms with Crippen LogP contribution in [0.4, 0.5) is 10.1 Å². The van der Waals surface area contributed by atoms with Gasteiger partial charge in [-0.3, -0.25) is 4.79 Å². The predicted octanol–water partition coefficient (Wildman–Crippen LogP) is 3.31. The minimum absolute atomic E-state index is 0.00317. The summed E-state index contributed by atoms with van der Waals surface area (Å²) < 4.78 is 18.9. The lowest BCUT2D eigenvalue weighted by Crippen LogP contribution is -2.46. The van der Waals surface area contributed by atoms with Gasteiger partial charge in [0, 0.05) is 11.3 Å². The third-order valence-corrected chi connectivity index (χ3v) is 3.56. The third kappa shape index (κ3) is 2.03. The number of benzene rings is 2. The molecule has 3 nitrogen and oxygen atoms in total. The van der Waals surface area contributed by atoms with E-state index in [4.69, 9.17) is 4.74 Å². The maximum atomic E-state index is 13.8. The lowest BCUT2D eigenvalue weighted by atomic mass is 9.92. The fourth-order valence-electron chi connectivity index (χ4n) is 2.48. The molecule has 1 aliphatic heterocycles. The summed E-state index contributed by atoms with van der Waals surface area (Å²) in [5.74, 6) is 0.455. The normalized spacial score (nSPS) is 17.8. The van der Waals surface area contributed by atoms with Crippen LogP contribution in [-0.4, -0.2) is 13.0 Å². The minimum atomic E-state index is -0.275. The number of carbonyl (C=O) groups excluding carboxylic acids is 1. The molecule has 4 heteroatoms. The van der Waals surface area contributed by atoms with Crippen molar-refractivity contribution < 1.29 is 13.9 Å². The molecule has 1 heterocycles. The van der Waals surface area contributed by atoms with Gasteiger partial charge in [-0.1, -0.05) is 18.2 Å². The van der Waals surface area contributed by atoms with E-state index >= 15 is 0 Å². The van der Waals surface area contributed by atoms with E-state index in [9.17, 15) is 9.18 Å². The average molecular weight is 271 g/mol. The summed E-state index contributed by atoms with van der Waals surface area (Å²) in [6, 6.07) is 13.6. The molecule has 20 heavy (non-hydrogen) atoms. The lowest BCUT2D eigenvalue weighted by molar-refractivity contribution is -0.124. The van der Waals surface area contributed by atoms with E-state index in [-0.39, 0.29) is 17.8 Å². The molecule has 102 valence electrons. The molecule has 0 unspecified atom stereocenters. The van der Waals surface area contributed by atoms with Crippen molar-refractivity contribution in [3.63, 3.8) is 0 Å². The van der Waals surface area contributed by atoms with Crippen molar-refractivity contribution in [3.05, 3.63) is 59.9 Å². The molecule has 0 aromatic heterocycles. The van der Waals surface area contributed by atoms with Gasteiger partial charge in [0.15, 0.2) is 0 Å². The van der Waals surface area contributed by atoms with E-state index in [1.54, 1.807) is 42.3 Å². The smallest absolute Gasteiger partial charge is 0.230 e. The van der Waals surface area contributed by atoms with Crippen molar-refractivity contribution in [1.29, 1.82) is 0 Å². The molecule has 1 fully saturated rings. The maximum absolute atomic E-state index is 13.8. The summed E-state index contributed by atoms with van der Waals surface area (Å²) >= 11 is 0. The number of anilines is 1. The first-order chi connectivity index (χ1) is 9.70. The van der Waals surface area contributed by atoms with Crippen LogP contribution in [0.25, 0.3) is 0 Å². The molecule has 2 aromatic rings. The Labute approximate surface area is 116 Å². The number of hydrogen-bond acceptors (Lipinski definition) is 2. The maximum Gasteiger partial charge on any atom is 0.230 e. The van der Waals surface area contributed by atoms with Crippen LogP contribution in [0, 0.1) is 5.82 Å². The van der Waals surface area contributed by atoms with Crippen molar-refractivity contribution in [2.75, 3.05) is 12.0 Å². The highest BCUT2D eigenvalue weighted by molar-refractivity contribution is 6.01. The first-order valence-electron chi connectivity index (χ1n) is 6.41. The quantitative estimate of drug-likeness (QED) is 0.801. The van der Waals surface area contributed by atoms with Crippen molar-refractivity contribution >= 4 is 11.6 Å². The highest BCUT2D eigenvalue weighted by Crippen LogP contribution is 2.39. The molecular formula is C16H14FNO2. The number of ether oxygens (including phenoxy) is 1. The number of hydrogen-bond donors (Lipinski definition) is 0. The molecule has 0 bridgehead atoms. The Morgan fingerprint density at radius 3 is 2.45 bits per heavy atom. The number of nitrogens with zero attached hydrogens (tertiary/aromatic N) is 1. The molecule has 3 rings (SSSR count). The Kier molecular flexibility index (Phi) is 3.14. The van der Waals surface area contributed by atoms with Crippen LogP contribution in [0.15, 0.2) is 48.5 Å². The van der Waals surface area contributed by atoms with Gasteiger partial charge in [0.1, 0.15) is 11.6 Å². The zero-order valence-corrected chi connectivity index (χ0v) is 11.0. The highest BCUT2D eigenvalue weighted by Gasteiger charge is 2.39. The van der Waals surface area contributed by atoms with E-state index in [2.05, 4.69) is 0 Å². The van der Waals surface area contributed by atoms with E-state index in [1.165, 1.54) is 6.07 Å². The Bertz CT molecular complexity index is 639. The van der Waals surface area contributed by atoms with Crippen LogP contribution in [0.2, 0.25) is 0 Å². The predicted molar refractivity (Wildman–Crippen MR) is 74.2 cm³/mol. The Balaban J connectivity index is 1.91.